The van der Waals surface area contributed by atoms with Gasteiger partial charge in [0.1, 0.15) is 0 Å². The Hall–Kier alpha value is -2.14. The number of aryl methyl sites for hydroxylation is 2. The van der Waals surface area contributed by atoms with Crippen molar-refractivity contribution in [1.29, 1.82) is 0 Å². The van der Waals surface area contributed by atoms with E-state index in [0.717, 1.165) is 24.1 Å². The molecule has 1 amide bonds. The summed E-state index contributed by atoms with van der Waals surface area (Å²) in [5, 5.41) is 7.36. The number of carbonyl (C=O) groups is 1. The van der Waals surface area contributed by atoms with Gasteiger partial charge in [0, 0.05) is 43.3 Å². The van der Waals surface area contributed by atoms with Crippen LogP contribution in [0.2, 0.25) is 0 Å². The minimum absolute atomic E-state index is 0.0826. The highest BCUT2D eigenvalue weighted by Gasteiger charge is 2.44. The number of amides is 1. The van der Waals surface area contributed by atoms with E-state index >= 15 is 0 Å². The first-order valence-electron chi connectivity index (χ1n) is 9.67. The molecule has 1 aliphatic heterocycles. The predicted molar refractivity (Wildman–Crippen MR) is 107 cm³/mol. The third kappa shape index (κ3) is 4.24. The van der Waals surface area contributed by atoms with E-state index < -0.39 is 0 Å². The van der Waals surface area contributed by atoms with Crippen molar-refractivity contribution < 1.29 is 9.53 Å². The molecule has 5 nitrogen and oxygen atoms in total. The smallest absolute Gasteiger partial charge is 0.221 e. The average molecular weight is 370 g/mol. The number of ether oxygens (including phenoxy) is 1. The summed E-state index contributed by atoms with van der Waals surface area (Å²) in [7, 11) is 1.91. The molecule has 5 heteroatoms. The summed E-state index contributed by atoms with van der Waals surface area (Å²) in [6.07, 6.45) is 4.00. The van der Waals surface area contributed by atoms with Crippen LogP contribution in [-0.4, -0.2) is 27.9 Å². The van der Waals surface area contributed by atoms with Gasteiger partial charge in [0.15, 0.2) is 0 Å². The quantitative estimate of drug-likeness (QED) is 0.877. The molecule has 0 aliphatic carbocycles. The molecule has 0 spiro atoms. The maximum absolute atomic E-state index is 12.9. The van der Waals surface area contributed by atoms with E-state index in [4.69, 9.17) is 4.74 Å². The van der Waals surface area contributed by atoms with Crippen molar-refractivity contribution in [3.8, 4) is 0 Å². The average Bonchev–Trinajstić information content (AvgIpc) is 2.91. The first-order valence-corrected chi connectivity index (χ1v) is 9.67. The van der Waals surface area contributed by atoms with Crippen LogP contribution in [-0.2, 0) is 28.5 Å². The third-order valence-corrected chi connectivity index (χ3v) is 5.87. The molecule has 1 aromatic carbocycles. The minimum atomic E-state index is -0.235. The normalized spacial score (nSPS) is 21.8. The molecule has 1 aliphatic rings. The van der Waals surface area contributed by atoms with Gasteiger partial charge in [-0.1, -0.05) is 24.3 Å². The van der Waals surface area contributed by atoms with Gasteiger partial charge < -0.3 is 10.1 Å². The Morgan fingerprint density at radius 3 is 2.67 bits per heavy atom. The van der Waals surface area contributed by atoms with Crippen LogP contribution in [0, 0.1) is 13.8 Å². The lowest BCUT2D eigenvalue weighted by molar-refractivity contribution is -0.126. The molecule has 1 aromatic heterocycles. The summed E-state index contributed by atoms with van der Waals surface area (Å²) in [5.41, 5.74) is 4.22. The van der Waals surface area contributed by atoms with E-state index in [0.29, 0.717) is 19.6 Å². The fourth-order valence-electron chi connectivity index (χ4n) is 4.40. The Balaban J connectivity index is 1.80. The van der Waals surface area contributed by atoms with Gasteiger partial charge in [-0.2, -0.15) is 5.10 Å². The van der Waals surface area contributed by atoms with E-state index in [1.807, 2.05) is 24.9 Å². The number of aromatic nitrogens is 2. The zero-order valence-corrected chi connectivity index (χ0v) is 17.1. The third-order valence-electron chi connectivity index (χ3n) is 5.87. The number of nitrogens with one attached hydrogen (secondary N) is 1. The van der Waals surface area contributed by atoms with Crippen molar-refractivity contribution in [3.63, 3.8) is 0 Å². The topological polar surface area (TPSA) is 56.2 Å². The molecule has 1 atom stereocenters. The van der Waals surface area contributed by atoms with Crippen molar-refractivity contribution in [2.24, 2.45) is 7.05 Å². The molecule has 27 heavy (non-hydrogen) atoms. The van der Waals surface area contributed by atoms with Gasteiger partial charge in [-0.25, -0.2) is 0 Å². The zero-order valence-electron chi connectivity index (χ0n) is 17.1. The van der Waals surface area contributed by atoms with Crippen molar-refractivity contribution in [2.75, 3.05) is 6.61 Å². The number of benzene rings is 1. The Bertz CT molecular complexity index is 825. The Kier molecular flexibility index (Phi) is 5.43. The zero-order chi connectivity index (χ0) is 19.7. The van der Waals surface area contributed by atoms with Crippen LogP contribution in [0.5, 0.6) is 0 Å². The Labute approximate surface area is 162 Å². The molecule has 1 N–H and O–H groups in total. The molecule has 2 heterocycles. The van der Waals surface area contributed by atoms with E-state index in [2.05, 4.69) is 55.5 Å². The first-order chi connectivity index (χ1) is 12.7. The van der Waals surface area contributed by atoms with Crippen LogP contribution in [0.1, 0.15) is 55.5 Å². The van der Waals surface area contributed by atoms with Crippen molar-refractivity contribution in [2.45, 2.75) is 64.5 Å². The lowest BCUT2D eigenvalue weighted by Gasteiger charge is -2.45. The maximum atomic E-state index is 12.9. The molecule has 2 aromatic rings. The summed E-state index contributed by atoms with van der Waals surface area (Å²) in [4.78, 5) is 12.9. The largest absolute Gasteiger partial charge is 0.376 e. The summed E-state index contributed by atoms with van der Waals surface area (Å²) < 4.78 is 7.80. The highest BCUT2D eigenvalue weighted by Crippen LogP contribution is 2.45. The molecule has 146 valence electrons. The second kappa shape index (κ2) is 7.47. The summed E-state index contributed by atoms with van der Waals surface area (Å²) >= 11 is 0. The number of hydrogen-bond donors (Lipinski definition) is 1. The number of carbonyl (C=O) groups excluding carboxylic acids is 1. The number of hydrogen-bond acceptors (Lipinski definition) is 3. The van der Waals surface area contributed by atoms with E-state index in [1.54, 1.807) is 0 Å². The lowest BCUT2D eigenvalue weighted by Crippen LogP contribution is -2.46. The van der Waals surface area contributed by atoms with Gasteiger partial charge in [0.2, 0.25) is 5.91 Å². The van der Waals surface area contributed by atoms with Gasteiger partial charge in [-0.15, -0.1) is 0 Å². The van der Waals surface area contributed by atoms with Crippen LogP contribution in [0.3, 0.4) is 0 Å². The van der Waals surface area contributed by atoms with E-state index in [1.165, 1.54) is 11.1 Å². The fraction of sp³-hybridized carbons (Fsp3) is 0.545. The Morgan fingerprint density at radius 1 is 1.30 bits per heavy atom. The molecular weight excluding hydrogens is 338 g/mol. The SMILES string of the molecule is Cc1ccccc1[C@@]1(CC(=O)NCc2cnn(C)c2C)CCOC(C)(C)C1. The van der Waals surface area contributed by atoms with Crippen molar-refractivity contribution in [3.05, 3.63) is 52.8 Å². The van der Waals surface area contributed by atoms with Crippen LogP contribution >= 0.6 is 0 Å². The molecular formula is C22H31N3O2. The lowest BCUT2D eigenvalue weighted by atomic mass is 9.66. The first kappa shape index (κ1) is 19.6. The summed E-state index contributed by atoms with van der Waals surface area (Å²) in [6, 6.07) is 8.44. The van der Waals surface area contributed by atoms with Gasteiger partial charge in [0.05, 0.1) is 11.8 Å². The van der Waals surface area contributed by atoms with Crippen LogP contribution < -0.4 is 5.32 Å². The molecule has 0 unspecified atom stereocenters. The highest BCUT2D eigenvalue weighted by atomic mass is 16.5. The summed E-state index contributed by atoms with van der Waals surface area (Å²) in [6.45, 7) is 9.59. The molecule has 0 saturated carbocycles. The molecule has 1 saturated heterocycles. The van der Waals surface area contributed by atoms with Crippen LogP contribution in [0.15, 0.2) is 30.5 Å². The van der Waals surface area contributed by atoms with Crippen LogP contribution in [0.25, 0.3) is 0 Å². The minimum Gasteiger partial charge on any atom is -0.376 e. The Morgan fingerprint density at radius 2 is 2.04 bits per heavy atom. The van der Waals surface area contributed by atoms with Crippen LogP contribution in [0.4, 0.5) is 0 Å². The molecule has 0 radical (unpaired) electrons. The van der Waals surface area contributed by atoms with Crippen molar-refractivity contribution in [1.82, 2.24) is 15.1 Å². The molecule has 0 bridgehead atoms. The standard InChI is InChI=1S/C22H31N3O2/c1-16-8-6-7-9-19(16)22(10-11-27-21(3,4)15-22)12-20(26)23-13-18-14-24-25(5)17(18)2/h6-9,14H,10-13,15H2,1-5H3,(H,23,26)/t22-/m1/s1. The monoisotopic (exact) mass is 369 g/mol. The predicted octanol–water partition coefficient (Wildman–Crippen LogP) is 3.57. The second-order valence-electron chi connectivity index (χ2n) is 8.46. The van der Waals surface area contributed by atoms with Gasteiger partial charge in [-0.3, -0.25) is 9.48 Å². The van der Waals surface area contributed by atoms with Gasteiger partial charge in [-0.05, 0) is 51.7 Å². The number of nitrogens with zero attached hydrogens (tertiary/aromatic N) is 2. The fourth-order valence-corrected chi connectivity index (χ4v) is 4.40. The highest BCUT2D eigenvalue weighted by molar-refractivity contribution is 5.78. The van der Waals surface area contributed by atoms with Gasteiger partial charge in [0.25, 0.3) is 0 Å². The van der Waals surface area contributed by atoms with E-state index in [-0.39, 0.29) is 16.9 Å². The summed E-state index contributed by atoms with van der Waals surface area (Å²) in [5.74, 6) is 0.0826. The second-order valence-corrected chi connectivity index (χ2v) is 8.46. The van der Waals surface area contributed by atoms with Gasteiger partial charge >= 0.3 is 0 Å². The molecule has 3 rings (SSSR count). The maximum Gasteiger partial charge on any atom is 0.221 e. The van der Waals surface area contributed by atoms with Crippen molar-refractivity contribution >= 4 is 5.91 Å². The number of rotatable bonds is 5. The van der Waals surface area contributed by atoms with E-state index in [9.17, 15) is 4.79 Å². The molecule has 1 fully saturated rings.